The van der Waals surface area contributed by atoms with E-state index in [1.807, 2.05) is 0 Å². The molecule has 0 aliphatic carbocycles. The maximum atomic E-state index is 3.59. The van der Waals surface area contributed by atoms with E-state index in [4.69, 9.17) is 0 Å². The average molecular weight is 537 g/mol. The van der Waals surface area contributed by atoms with Crippen LogP contribution in [0, 0.1) is 0 Å². The van der Waals surface area contributed by atoms with Gasteiger partial charge in [0.15, 0.2) is 0 Å². The first-order valence-electron chi connectivity index (χ1n) is 14.4. The molecular weight excluding hydrogens is 508 g/mol. The Morgan fingerprint density at radius 1 is 0.381 bits per heavy atom. The normalized spacial score (nSPS) is 11.3. The Morgan fingerprint density at radius 2 is 0.881 bits per heavy atom. The zero-order chi connectivity index (χ0) is 27.9. The van der Waals surface area contributed by atoms with Gasteiger partial charge in [0.05, 0.1) is 11.0 Å². The SMILES string of the molecule is c1ccc(-c2cccc3cccc(-c4ccc(Nc5ccc(-n6c7ccccc7c7ccccc76)cc5)cc4)c23)cc1. The Morgan fingerprint density at radius 3 is 1.48 bits per heavy atom. The lowest BCUT2D eigenvalue weighted by Gasteiger charge is -2.14. The second-order valence-corrected chi connectivity index (χ2v) is 10.7. The molecule has 0 aliphatic heterocycles. The Labute approximate surface area is 245 Å². The Kier molecular flexibility index (Phi) is 5.82. The maximum Gasteiger partial charge on any atom is 0.0541 e. The first-order chi connectivity index (χ1) is 20.8. The minimum Gasteiger partial charge on any atom is -0.356 e. The lowest BCUT2D eigenvalue weighted by atomic mass is 9.91. The summed E-state index contributed by atoms with van der Waals surface area (Å²) < 4.78 is 2.34. The van der Waals surface area contributed by atoms with E-state index in [9.17, 15) is 0 Å². The highest BCUT2D eigenvalue weighted by Crippen LogP contribution is 2.37. The van der Waals surface area contributed by atoms with Crippen LogP contribution in [0.3, 0.4) is 0 Å². The molecule has 0 saturated heterocycles. The van der Waals surface area contributed by atoms with Crippen LogP contribution in [0.2, 0.25) is 0 Å². The molecule has 0 aliphatic rings. The monoisotopic (exact) mass is 536 g/mol. The van der Waals surface area contributed by atoms with Crippen LogP contribution in [0.4, 0.5) is 11.4 Å². The van der Waals surface area contributed by atoms with Gasteiger partial charge in [0.2, 0.25) is 0 Å². The van der Waals surface area contributed by atoms with Gasteiger partial charge in [0, 0.05) is 27.8 Å². The van der Waals surface area contributed by atoms with Gasteiger partial charge < -0.3 is 9.88 Å². The molecule has 2 nitrogen and oxygen atoms in total. The molecule has 0 amide bonds. The Bertz CT molecular complexity index is 2130. The molecule has 8 aromatic rings. The number of benzene rings is 7. The van der Waals surface area contributed by atoms with Gasteiger partial charge in [0.25, 0.3) is 0 Å². The highest BCUT2D eigenvalue weighted by molar-refractivity contribution is 6.09. The van der Waals surface area contributed by atoms with Crippen LogP contribution in [-0.4, -0.2) is 4.57 Å². The zero-order valence-corrected chi connectivity index (χ0v) is 23.0. The smallest absolute Gasteiger partial charge is 0.0541 e. The second-order valence-electron chi connectivity index (χ2n) is 10.7. The number of nitrogens with zero attached hydrogens (tertiary/aromatic N) is 1. The molecule has 0 unspecified atom stereocenters. The Balaban J connectivity index is 1.10. The van der Waals surface area contributed by atoms with E-state index in [1.165, 1.54) is 54.8 Å². The highest BCUT2D eigenvalue weighted by Gasteiger charge is 2.12. The summed E-state index contributed by atoms with van der Waals surface area (Å²) in [5.74, 6) is 0. The van der Waals surface area contributed by atoms with Gasteiger partial charge in [-0.25, -0.2) is 0 Å². The van der Waals surface area contributed by atoms with Gasteiger partial charge in [-0.1, -0.05) is 115 Å². The molecule has 0 spiro atoms. The van der Waals surface area contributed by atoms with E-state index in [0.717, 1.165) is 17.1 Å². The van der Waals surface area contributed by atoms with Crippen LogP contribution < -0.4 is 5.32 Å². The van der Waals surface area contributed by atoms with Crippen molar-refractivity contribution >= 4 is 44.0 Å². The molecule has 1 aromatic heterocycles. The fraction of sp³-hybridized carbons (Fsp3) is 0. The van der Waals surface area contributed by atoms with Crippen molar-refractivity contribution in [3.63, 3.8) is 0 Å². The molecule has 7 aromatic carbocycles. The topological polar surface area (TPSA) is 17.0 Å². The van der Waals surface area contributed by atoms with Crippen molar-refractivity contribution in [3.05, 3.63) is 164 Å². The van der Waals surface area contributed by atoms with E-state index < -0.39 is 0 Å². The van der Waals surface area contributed by atoms with Crippen molar-refractivity contribution in [2.24, 2.45) is 0 Å². The molecule has 2 heteroatoms. The average Bonchev–Trinajstić information content (AvgIpc) is 3.40. The first kappa shape index (κ1) is 24.2. The number of aromatic nitrogens is 1. The van der Waals surface area contributed by atoms with Gasteiger partial charge in [-0.05, 0) is 81.6 Å². The minimum atomic E-state index is 1.06. The molecule has 0 saturated carbocycles. The molecule has 198 valence electrons. The molecule has 0 bridgehead atoms. The summed E-state index contributed by atoms with van der Waals surface area (Å²) >= 11 is 0. The van der Waals surface area contributed by atoms with E-state index in [2.05, 4.69) is 174 Å². The van der Waals surface area contributed by atoms with Crippen molar-refractivity contribution in [2.75, 3.05) is 5.32 Å². The van der Waals surface area contributed by atoms with Crippen molar-refractivity contribution < 1.29 is 0 Å². The number of anilines is 2. The van der Waals surface area contributed by atoms with Gasteiger partial charge in [-0.15, -0.1) is 0 Å². The van der Waals surface area contributed by atoms with Crippen LogP contribution in [0.5, 0.6) is 0 Å². The maximum absolute atomic E-state index is 3.59. The number of fused-ring (bicyclic) bond motifs is 4. The standard InChI is InChI=1S/C40H28N2/c1-2-10-28(11-3-1)34-16-8-12-30-13-9-17-35(40(30)34)29-20-22-31(23-21-29)41-32-24-26-33(27-25-32)42-38-18-6-4-14-36(38)37-15-5-7-19-39(37)42/h1-27,41H. The Hall–Kier alpha value is -5.60. The summed E-state index contributed by atoms with van der Waals surface area (Å²) in [7, 11) is 0. The first-order valence-corrected chi connectivity index (χ1v) is 14.4. The summed E-state index contributed by atoms with van der Waals surface area (Å²) in [6.45, 7) is 0. The van der Waals surface area contributed by atoms with Crippen molar-refractivity contribution in [1.29, 1.82) is 0 Å². The lowest BCUT2D eigenvalue weighted by molar-refractivity contribution is 1.18. The zero-order valence-electron chi connectivity index (χ0n) is 23.0. The quantitative estimate of drug-likeness (QED) is 0.231. The van der Waals surface area contributed by atoms with Gasteiger partial charge in [-0.2, -0.15) is 0 Å². The molecule has 0 fully saturated rings. The third-order valence-electron chi connectivity index (χ3n) is 8.18. The number of para-hydroxylation sites is 2. The predicted molar refractivity (Wildman–Crippen MR) is 179 cm³/mol. The fourth-order valence-electron chi connectivity index (χ4n) is 6.23. The van der Waals surface area contributed by atoms with E-state index >= 15 is 0 Å². The molecule has 0 radical (unpaired) electrons. The van der Waals surface area contributed by atoms with Crippen LogP contribution >= 0.6 is 0 Å². The third-order valence-corrected chi connectivity index (χ3v) is 8.18. The summed E-state index contributed by atoms with van der Waals surface area (Å²) in [4.78, 5) is 0. The second kappa shape index (κ2) is 10.1. The van der Waals surface area contributed by atoms with Crippen LogP contribution in [0.25, 0.3) is 60.5 Å². The summed E-state index contributed by atoms with van der Waals surface area (Å²) in [6, 6.07) is 58.5. The molecule has 8 rings (SSSR count). The largest absolute Gasteiger partial charge is 0.356 e. The van der Waals surface area contributed by atoms with E-state index in [-0.39, 0.29) is 0 Å². The van der Waals surface area contributed by atoms with Crippen molar-refractivity contribution in [2.45, 2.75) is 0 Å². The van der Waals surface area contributed by atoms with Gasteiger partial charge in [-0.3, -0.25) is 0 Å². The lowest BCUT2D eigenvalue weighted by Crippen LogP contribution is -1.95. The van der Waals surface area contributed by atoms with E-state index in [1.54, 1.807) is 0 Å². The van der Waals surface area contributed by atoms with Gasteiger partial charge in [0.1, 0.15) is 0 Å². The van der Waals surface area contributed by atoms with Crippen LogP contribution in [0.15, 0.2) is 164 Å². The molecule has 0 atom stereocenters. The molecule has 1 N–H and O–H groups in total. The van der Waals surface area contributed by atoms with E-state index in [0.29, 0.717) is 0 Å². The van der Waals surface area contributed by atoms with Crippen molar-refractivity contribution in [1.82, 2.24) is 4.57 Å². The summed E-state index contributed by atoms with van der Waals surface area (Å²) in [5, 5.41) is 8.68. The molecule has 42 heavy (non-hydrogen) atoms. The molecule has 1 heterocycles. The van der Waals surface area contributed by atoms with Crippen molar-refractivity contribution in [3.8, 4) is 27.9 Å². The minimum absolute atomic E-state index is 1.06. The fourth-order valence-corrected chi connectivity index (χ4v) is 6.23. The highest BCUT2D eigenvalue weighted by atomic mass is 15.0. The number of nitrogens with one attached hydrogen (secondary N) is 1. The summed E-state index contributed by atoms with van der Waals surface area (Å²) in [6.07, 6.45) is 0. The summed E-state index contributed by atoms with van der Waals surface area (Å²) in [5.41, 5.74) is 10.7. The number of hydrogen-bond acceptors (Lipinski definition) is 1. The van der Waals surface area contributed by atoms with Gasteiger partial charge >= 0.3 is 0 Å². The molecular formula is C40H28N2. The number of hydrogen-bond donors (Lipinski definition) is 1. The number of rotatable bonds is 5. The van der Waals surface area contributed by atoms with Crippen LogP contribution in [0.1, 0.15) is 0 Å². The predicted octanol–water partition coefficient (Wildman–Crippen LogP) is 11.0. The third kappa shape index (κ3) is 4.13. The van der Waals surface area contributed by atoms with Crippen LogP contribution in [-0.2, 0) is 0 Å².